The highest BCUT2D eigenvalue weighted by atomic mass is 32.1. The molecule has 0 unspecified atom stereocenters. The summed E-state index contributed by atoms with van der Waals surface area (Å²) in [6.07, 6.45) is 2.58. The minimum atomic E-state index is -0.181. The number of rotatable bonds is 7. The Bertz CT molecular complexity index is 1170. The van der Waals surface area contributed by atoms with Crippen molar-refractivity contribution < 1.29 is 14.3 Å². The number of thiocarbonyl (C=S) groups is 1. The molecule has 0 radical (unpaired) electrons. The summed E-state index contributed by atoms with van der Waals surface area (Å²) in [7, 11) is 1.60. The van der Waals surface area contributed by atoms with Crippen molar-refractivity contribution in [2.75, 3.05) is 12.0 Å². The van der Waals surface area contributed by atoms with E-state index in [0.717, 1.165) is 28.8 Å². The van der Waals surface area contributed by atoms with E-state index in [1.54, 1.807) is 18.1 Å². The normalized spacial score (nSPS) is 14.6. The second-order valence-corrected chi connectivity index (χ2v) is 7.68. The molecule has 162 valence electrons. The van der Waals surface area contributed by atoms with Gasteiger partial charge < -0.3 is 14.8 Å². The Balaban J connectivity index is 1.55. The number of hydrogen-bond acceptors (Lipinski definition) is 4. The molecule has 3 aromatic carbocycles. The van der Waals surface area contributed by atoms with Crippen molar-refractivity contribution >= 4 is 35.0 Å². The molecule has 1 amide bonds. The molecule has 3 aromatic rings. The van der Waals surface area contributed by atoms with Gasteiger partial charge in [-0.3, -0.25) is 9.69 Å². The predicted molar refractivity (Wildman–Crippen MR) is 131 cm³/mol. The van der Waals surface area contributed by atoms with Crippen LogP contribution in [0.5, 0.6) is 11.5 Å². The Kier molecular flexibility index (Phi) is 6.52. The summed E-state index contributed by atoms with van der Waals surface area (Å²) in [5, 5.41) is 3.42. The Hall–Kier alpha value is -3.64. The third kappa shape index (κ3) is 4.50. The largest absolute Gasteiger partial charge is 0.493 e. The van der Waals surface area contributed by atoms with Gasteiger partial charge in [-0.25, -0.2) is 0 Å². The molecule has 0 bridgehead atoms. The highest BCUT2D eigenvalue weighted by Gasteiger charge is 2.33. The fraction of sp³-hybridized carbons (Fsp3) is 0.154. The maximum atomic E-state index is 13.1. The molecular formula is C26H24N2O3S. The van der Waals surface area contributed by atoms with Crippen molar-refractivity contribution in [2.45, 2.75) is 20.0 Å². The van der Waals surface area contributed by atoms with E-state index in [-0.39, 0.29) is 5.91 Å². The first-order valence-corrected chi connectivity index (χ1v) is 10.8. The molecule has 4 rings (SSSR count). The molecule has 1 aliphatic rings. The van der Waals surface area contributed by atoms with Gasteiger partial charge in [-0.1, -0.05) is 61.5 Å². The summed E-state index contributed by atoms with van der Waals surface area (Å²) >= 11 is 5.46. The Labute approximate surface area is 193 Å². The van der Waals surface area contributed by atoms with Gasteiger partial charge >= 0.3 is 0 Å². The number of nitrogens with zero attached hydrogens (tertiary/aromatic N) is 1. The lowest BCUT2D eigenvalue weighted by molar-refractivity contribution is -0.113. The summed E-state index contributed by atoms with van der Waals surface area (Å²) in [6, 6.07) is 23.3. The zero-order valence-electron chi connectivity index (χ0n) is 18.0. The minimum Gasteiger partial charge on any atom is -0.493 e. The minimum absolute atomic E-state index is 0.181. The zero-order valence-corrected chi connectivity index (χ0v) is 18.8. The molecule has 1 N–H and O–H groups in total. The van der Waals surface area contributed by atoms with E-state index in [9.17, 15) is 4.79 Å². The van der Waals surface area contributed by atoms with Crippen LogP contribution in [0.2, 0.25) is 0 Å². The number of benzene rings is 3. The molecule has 32 heavy (non-hydrogen) atoms. The van der Waals surface area contributed by atoms with E-state index in [4.69, 9.17) is 21.7 Å². The standard InChI is InChI=1S/C26H24N2O3S/c1-3-20-11-7-8-12-22(20)28-25(29)21(27-26(28)32)15-19-13-14-23(24(16-19)30-2)31-17-18-9-5-4-6-10-18/h4-16H,3,17H2,1-2H3,(H,27,32)/b21-15+. The Morgan fingerprint density at radius 2 is 1.75 bits per heavy atom. The predicted octanol–water partition coefficient (Wildman–Crippen LogP) is 5.10. The SMILES string of the molecule is CCc1ccccc1N1C(=O)/C(=C\c2ccc(OCc3ccccc3)c(OC)c2)NC1=S. The average molecular weight is 445 g/mol. The van der Waals surface area contributed by atoms with Gasteiger partial charge in [0.25, 0.3) is 5.91 Å². The molecule has 1 heterocycles. The first-order valence-electron chi connectivity index (χ1n) is 10.4. The highest BCUT2D eigenvalue weighted by Crippen LogP contribution is 2.31. The summed E-state index contributed by atoms with van der Waals surface area (Å²) in [5.41, 5.74) is 4.16. The third-order valence-electron chi connectivity index (χ3n) is 5.23. The molecule has 1 fully saturated rings. The maximum Gasteiger partial charge on any atom is 0.281 e. The van der Waals surface area contributed by atoms with Crippen LogP contribution in [0.1, 0.15) is 23.6 Å². The molecular weight excluding hydrogens is 420 g/mol. The van der Waals surface area contributed by atoms with E-state index in [2.05, 4.69) is 12.2 Å². The lowest BCUT2D eigenvalue weighted by atomic mass is 10.1. The Morgan fingerprint density at radius 3 is 2.50 bits per heavy atom. The summed E-state index contributed by atoms with van der Waals surface area (Å²) < 4.78 is 11.4. The second kappa shape index (κ2) is 9.66. The van der Waals surface area contributed by atoms with Crippen LogP contribution in [0, 0.1) is 0 Å². The van der Waals surface area contributed by atoms with Crippen molar-refractivity contribution in [1.82, 2.24) is 5.32 Å². The summed E-state index contributed by atoms with van der Waals surface area (Å²) in [5.74, 6) is 1.05. The summed E-state index contributed by atoms with van der Waals surface area (Å²) in [6.45, 7) is 2.50. The van der Waals surface area contributed by atoms with E-state index in [0.29, 0.717) is 28.9 Å². The van der Waals surface area contributed by atoms with Crippen molar-refractivity contribution in [3.05, 3.63) is 95.2 Å². The second-order valence-electron chi connectivity index (χ2n) is 7.30. The molecule has 0 saturated carbocycles. The lowest BCUT2D eigenvalue weighted by Crippen LogP contribution is -2.31. The van der Waals surface area contributed by atoms with E-state index in [1.165, 1.54) is 0 Å². The zero-order chi connectivity index (χ0) is 22.5. The smallest absolute Gasteiger partial charge is 0.281 e. The topological polar surface area (TPSA) is 50.8 Å². The van der Waals surface area contributed by atoms with Gasteiger partial charge in [0.05, 0.1) is 12.8 Å². The number of anilines is 1. The molecule has 0 aliphatic carbocycles. The first kappa shape index (κ1) is 21.6. The van der Waals surface area contributed by atoms with Gasteiger partial charge in [0.15, 0.2) is 16.6 Å². The van der Waals surface area contributed by atoms with Gasteiger partial charge in [-0.05, 0) is 59.6 Å². The highest BCUT2D eigenvalue weighted by molar-refractivity contribution is 7.80. The van der Waals surface area contributed by atoms with E-state index >= 15 is 0 Å². The van der Waals surface area contributed by atoms with Crippen LogP contribution < -0.4 is 19.7 Å². The number of hydrogen-bond donors (Lipinski definition) is 1. The molecule has 6 heteroatoms. The third-order valence-corrected chi connectivity index (χ3v) is 5.51. The van der Waals surface area contributed by atoms with Gasteiger partial charge in [0, 0.05) is 0 Å². The quantitative estimate of drug-likeness (QED) is 0.406. The number of nitrogens with one attached hydrogen (secondary N) is 1. The molecule has 0 atom stereocenters. The van der Waals surface area contributed by atoms with E-state index < -0.39 is 0 Å². The number of para-hydroxylation sites is 1. The maximum absolute atomic E-state index is 13.1. The fourth-order valence-electron chi connectivity index (χ4n) is 3.58. The number of carbonyl (C=O) groups excluding carboxylic acids is 1. The fourth-order valence-corrected chi connectivity index (χ4v) is 3.87. The van der Waals surface area contributed by atoms with Gasteiger partial charge in [-0.2, -0.15) is 0 Å². The number of methoxy groups -OCH3 is 1. The number of ether oxygens (including phenoxy) is 2. The first-order chi connectivity index (χ1) is 15.6. The summed E-state index contributed by atoms with van der Waals surface area (Å²) in [4.78, 5) is 14.7. The van der Waals surface area contributed by atoms with Crippen molar-refractivity contribution in [3.8, 4) is 11.5 Å². The number of aryl methyl sites for hydroxylation is 1. The van der Waals surface area contributed by atoms with Crippen molar-refractivity contribution in [1.29, 1.82) is 0 Å². The van der Waals surface area contributed by atoms with Crippen LogP contribution in [0.4, 0.5) is 5.69 Å². The van der Waals surface area contributed by atoms with Crippen LogP contribution in [0.15, 0.2) is 78.5 Å². The van der Waals surface area contributed by atoms with Crippen LogP contribution in [0.25, 0.3) is 6.08 Å². The number of amides is 1. The van der Waals surface area contributed by atoms with Crippen LogP contribution in [-0.2, 0) is 17.8 Å². The van der Waals surface area contributed by atoms with Gasteiger partial charge in [0.2, 0.25) is 0 Å². The van der Waals surface area contributed by atoms with Crippen molar-refractivity contribution in [3.63, 3.8) is 0 Å². The monoisotopic (exact) mass is 444 g/mol. The molecule has 1 aliphatic heterocycles. The lowest BCUT2D eigenvalue weighted by Gasteiger charge is -2.17. The van der Waals surface area contributed by atoms with Gasteiger partial charge in [0.1, 0.15) is 12.3 Å². The van der Waals surface area contributed by atoms with Crippen LogP contribution in [-0.4, -0.2) is 18.1 Å². The molecule has 1 saturated heterocycles. The van der Waals surface area contributed by atoms with E-state index in [1.807, 2.05) is 72.8 Å². The molecule has 0 aromatic heterocycles. The van der Waals surface area contributed by atoms with Crippen LogP contribution in [0.3, 0.4) is 0 Å². The average Bonchev–Trinajstić information content (AvgIpc) is 3.11. The van der Waals surface area contributed by atoms with Crippen LogP contribution >= 0.6 is 12.2 Å². The van der Waals surface area contributed by atoms with Gasteiger partial charge in [-0.15, -0.1) is 0 Å². The Morgan fingerprint density at radius 1 is 1.00 bits per heavy atom. The molecule has 0 spiro atoms. The molecule has 5 nitrogen and oxygen atoms in total. The van der Waals surface area contributed by atoms with Crippen molar-refractivity contribution in [2.24, 2.45) is 0 Å². The number of carbonyl (C=O) groups is 1.